The first-order chi connectivity index (χ1) is 12.2. The third-order valence-electron chi connectivity index (χ3n) is 4.21. The fourth-order valence-corrected chi connectivity index (χ4v) is 4.13. The molecule has 5 nitrogen and oxygen atoms in total. The van der Waals surface area contributed by atoms with Gasteiger partial charge in [-0.2, -0.15) is 0 Å². The summed E-state index contributed by atoms with van der Waals surface area (Å²) in [6.45, 7) is 0.474. The van der Waals surface area contributed by atoms with Gasteiger partial charge in [0.15, 0.2) is 0 Å². The fraction of sp³-hybridized carbons (Fsp3) is 0.316. The minimum absolute atomic E-state index is 0.0737. The lowest BCUT2D eigenvalue weighted by Crippen LogP contribution is -2.28. The van der Waals surface area contributed by atoms with Crippen molar-refractivity contribution in [1.29, 1.82) is 0 Å². The molecule has 0 aliphatic carbocycles. The van der Waals surface area contributed by atoms with Crippen molar-refractivity contribution in [3.63, 3.8) is 0 Å². The Morgan fingerprint density at radius 3 is 2.52 bits per heavy atom. The van der Waals surface area contributed by atoms with Gasteiger partial charge in [0, 0.05) is 17.2 Å². The average Bonchev–Trinajstić information content (AvgIpc) is 3.02. The number of rotatable bonds is 6. The third-order valence-corrected chi connectivity index (χ3v) is 5.45. The highest BCUT2D eigenvalue weighted by molar-refractivity contribution is 8.00. The summed E-state index contributed by atoms with van der Waals surface area (Å²) in [6, 6.07) is 13.5. The highest BCUT2D eigenvalue weighted by Crippen LogP contribution is 2.43. The molecule has 0 aromatic heterocycles. The Bertz CT molecular complexity index is 765. The maximum Gasteiger partial charge on any atom is 0.234 e. The lowest BCUT2D eigenvalue weighted by Gasteiger charge is -2.26. The number of carbonyl (C=O) groups is 1. The van der Waals surface area contributed by atoms with E-state index in [1.54, 1.807) is 33.1 Å². The van der Waals surface area contributed by atoms with Crippen LogP contribution in [0, 0.1) is 0 Å². The van der Waals surface area contributed by atoms with E-state index in [0.717, 1.165) is 22.6 Å². The van der Waals surface area contributed by atoms with Crippen LogP contribution in [0.4, 0.5) is 0 Å². The zero-order valence-electron chi connectivity index (χ0n) is 14.5. The highest BCUT2D eigenvalue weighted by Gasteiger charge is 2.34. The van der Waals surface area contributed by atoms with E-state index >= 15 is 0 Å². The molecule has 1 unspecified atom stereocenters. The number of benzene rings is 2. The first-order valence-electron chi connectivity index (χ1n) is 7.92. The molecular formula is C19H21NO4S. The van der Waals surface area contributed by atoms with Crippen LogP contribution in [0.15, 0.2) is 42.5 Å². The number of amides is 1. The Morgan fingerprint density at radius 1 is 1.04 bits per heavy atom. The van der Waals surface area contributed by atoms with Crippen LogP contribution >= 0.6 is 11.8 Å². The molecule has 6 heteroatoms. The van der Waals surface area contributed by atoms with Gasteiger partial charge in [-0.05, 0) is 18.2 Å². The smallest absolute Gasteiger partial charge is 0.234 e. The molecule has 2 aromatic carbocycles. The minimum Gasteiger partial charge on any atom is -0.497 e. The number of hydrogen-bond acceptors (Lipinski definition) is 5. The number of nitrogens with zero attached hydrogens (tertiary/aromatic N) is 1. The molecule has 0 spiro atoms. The maximum atomic E-state index is 12.5. The van der Waals surface area contributed by atoms with Crippen LogP contribution in [0.2, 0.25) is 0 Å². The van der Waals surface area contributed by atoms with Crippen LogP contribution in [0.3, 0.4) is 0 Å². The summed E-state index contributed by atoms with van der Waals surface area (Å²) in [5, 5.41) is -0.0737. The Balaban J connectivity index is 1.91. The van der Waals surface area contributed by atoms with Crippen molar-refractivity contribution in [2.24, 2.45) is 0 Å². The first kappa shape index (κ1) is 17.5. The summed E-state index contributed by atoms with van der Waals surface area (Å²) < 4.78 is 16.2. The number of hydrogen-bond donors (Lipinski definition) is 0. The molecule has 25 heavy (non-hydrogen) atoms. The quantitative estimate of drug-likeness (QED) is 0.790. The van der Waals surface area contributed by atoms with Crippen molar-refractivity contribution in [3.8, 4) is 17.2 Å². The number of ether oxygens (including phenoxy) is 3. The molecule has 0 saturated carbocycles. The van der Waals surface area contributed by atoms with Crippen molar-refractivity contribution in [2.45, 2.75) is 11.9 Å². The van der Waals surface area contributed by atoms with Gasteiger partial charge in [0.1, 0.15) is 22.6 Å². The topological polar surface area (TPSA) is 48.0 Å². The maximum absolute atomic E-state index is 12.5. The van der Waals surface area contributed by atoms with Crippen molar-refractivity contribution in [1.82, 2.24) is 4.90 Å². The summed E-state index contributed by atoms with van der Waals surface area (Å²) in [5.41, 5.74) is 1.95. The molecule has 1 aliphatic heterocycles. The zero-order chi connectivity index (χ0) is 17.8. The second-order valence-corrected chi connectivity index (χ2v) is 6.67. The van der Waals surface area contributed by atoms with Crippen LogP contribution in [-0.2, 0) is 11.3 Å². The SMILES string of the molecule is COc1ccc(CN2C(=O)CSC2c2ccccc2OC)c(OC)c1. The molecule has 1 amide bonds. The summed E-state index contributed by atoms with van der Waals surface area (Å²) in [6.07, 6.45) is 0. The summed E-state index contributed by atoms with van der Waals surface area (Å²) in [5.74, 6) is 2.80. The molecule has 1 fully saturated rings. The number of methoxy groups -OCH3 is 3. The molecule has 1 saturated heterocycles. The standard InChI is InChI=1S/C19H21NO4S/c1-22-14-9-8-13(17(10-14)24-3)11-20-18(21)12-25-19(20)15-6-4-5-7-16(15)23-2/h4-10,19H,11-12H2,1-3H3. The fourth-order valence-electron chi connectivity index (χ4n) is 2.92. The monoisotopic (exact) mass is 359 g/mol. The van der Waals surface area contributed by atoms with Gasteiger partial charge in [-0.25, -0.2) is 0 Å². The van der Waals surface area contributed by atoms with E-state index in [4.69, 9.17) is 14.2 Å². The van der Waals surface area contributed by atoms with Gasteiger partial charge in [-0.3, -0.25) is 4.79 Å². The van der Waals surface area contributed by atoms with E-state index in [1.807, 2.05) is 47.4 Å². The summed E-state index contributed by atoms with van der Waals surface area (Å²) in [7, 11) is 4.89. The molecule has 1 atom stereocenters. The first-order valence-corrected chi connectivity index (χ1v) is 8.97. The lowest BCUT2D eigenvalue weighted by atomic mass is 10.1. The van der Waals surface area contributed by atoms with Gasteiger partial charge < -0.3 is 19.1 Å². The molecular weight excluding hydrogens is 338 g/mol. The summed E-state index contributed by atoms with van der Waals surface area (Å²) >= 11 is 1.61. The van der Waals surface area contributed by atoms with E-state index < -0.39 is 0 Å². The second-order valence-electron chi connectivity index (χ2n) is 5.60. The minimum atomic E-state index is -0.0737. The lowest BCUT2D eigenvalue weighted by molar-refractivity contribution is -0.128. The van der Waals surface area contributed by atoms with Crippen LogP contribution < -0.4 is 14.2 Å². The zero-order valence-corrected chi connectivity index (χ0v) is 15.3. The average molecular weight is 359 g/mol. The van der Waals surface area contributed by atoms with Crippen molar-refractivity contribution in [3.05, 3.63) is 53.6 Å². The Morgan fingerprint density at radius 2 is 1.80 bits per heavy atom. The third kappa shape index (κ3) is 3.54. The number of thioether (sulfide) groups is 1. The van der Waals surface area contributed by atoms with Gasteiger partial charge >= 0.3 is 0 Å². The predicted octanol–water partition coefficient (Wildman–Crippen LogP) is 3.49. The van der Waals surface area contributed by atoms with E-state index in [1.165, 1.54) is 0 Å². The molecule has 1 heterocycles. The molecule has 2 aromatic rings. The van der Waals surface area contributed by atoms with Gasteiger partial charge in [0.2, 0.25) is 5.91 Å². The molecule has 132 valence electrons. The number of carbonyl (C=O) groups excluding carboxylic acids is 1. The molecule has 0 radical (unpaired) electrons. The predicted molar refractivity (Wildman–Crippen MR) is 98.3 cm³/mol. The number of para-hydroxylation sites is 1. The van der Waals surface area contributed by atoms with E-state index in [0.29, 0.717) is 18.0 Å². The highest BCUT2D eigenvalue weighted by atomic mass is 32.2. The van der Waals surface area contributed by atoms with Gasteiger partial charge in [0.05, 0.1) is 33.6 Å². The van der Waals surface area contributed by atoms with Gasteiger partial charge in [0.25, 0.3) is 0 Å². The van der Waals surface area contributed by atoms with E-state index in [-0.39, 0.29) is 11.3 Å². The second kappa shape index (κ2) is 7.70. The van der Waals surface area contributed by atoms with Crippen molar-refractivity contribution >= 4 is 17.7 Å². The van der Waals surface area contributed by atoms with Gasteiger partial charge in [-0.15, -0.1) is 11.8 Å². The molecule has 0 N–H and O–H groups in total. The van der Waals surface area contributed by atoms with E-state index in [9.17, 15) is 4.79 Å². The summed E-state index contributed by atoms with van der Waals surface area (Å²) in [4.78, 5) is 14.4. The molecule has 0 bridgehead atoms. The van der Waals surface area contributed by atoms with Crippen LogP contribution in [0.5, 0.6) is 17.2 Å². The van der Waals surface area contributed by atoms with E-state index in [2.05, 4.69) is 0 Å². The molecule has 3 rings (SSSR count). The van der Waals surface area contributed by atoms with Gasteiger partial charge in [-0.1, -0.05) is 18.2 Å². The largest absolute Gasteiger partial charge is 0.497 e. The Hall–Kier alpha value is -2.34. The van der Waals surface area contributed by atoms with Crippen LogP contribution in [-0.4, -0.2) is 37.9 Å². The normalized spacial score (nSPS) is 16.8. The van der Waals surface area contributed by atoms with Crippen LogP contribution in [0.25, 0.3) is 0 Å². The Labute approximate surface area is 151 Å². The van der Waals surface area contributed by atoms with Crippen LogP contribution in [0.1, 0.15) is 16.5 Å². The van der Waals surface area contributed by atoms with Crippen molar-refractivity contribution < 1.29 is 19.0 Å². The molecule has 1 aliphatic rings. The van der Waals surface area contributed by atoms with Crippen molar-refractivity contribution in [2.75, 3.05) is 27.1 Å². The Kier molecular flexibility index (Phi) is 5.38.